The van der Waals surface area contributed by atoms with Crippen molar-refractivity contribution in [1.29, 1.82) is 0 Å². The van der Waals surface area contributed by atoms with Crippen LogP contribution in [0.15, 0.2) is 48.8 Å². The lowest BCUT2D eigenvalue weighted by Crippen LogP contribution is -2.12. The Morgan fingerprint density at radius 3 is 2.73 bits per heavy atom. The largest absolute Gasteiger partial charge is 0.493 e. The predicted octanol–water partition coefficient (Wildman–Crippen LogP) is 4.56. The molecule has 0 unspecified atom stereocenters. The summed E-state index contributed by atoms with van der Waals surface area (Å²) < 4.78 is 11.1. The van der Waals surface area contributed by atoms with E-state index in [2.05, 4.69) is 15.3 Å². The molecule has 26 heavy (non-hydrogen) atoms. The Morgan fingerprint density at radius 2 is 2.08 bits per heavy atom. The zero-order chi connectivity index (χ0) is 18.5. The fourth-order valence-electron chi connectivity index (χ4n) is 2.24. The van der Waals surface area contributed by atoms with Crippen molar-refractivity contribution in [2.75, 3.05) is 12.4 Å². The van der Waals surface area contributed by atoms with Gasteiger partial charge in [0.1, 0.15) is 17.5 Å². The molecule has 8 heteroatoms. The van der Waals surface area contributed by atoms with Gasteiger partial charge in [0.05, 0.1) is 12.1 Å². The number of pyridine rings is 1. The highest BCUT2D eigenvalue weighted by Crippen LogP contribution is 2.31. The number of aromatic nitrogens is 2. The summed E-state index contributed by atoms with van der Waals surface area (Å²) in [5, 5.41) is 3.25. The molecule has 6 nitrogen and oxygen atoms in total. The standard InChI is InChI=1S/C18H15Cl2N3O3/c1-25-15-5-4-12(22-18(24)14-8-13(19)17(20)23-14)7-16(15)26-10-11-3-2-6-21-9-11/h2-9,23H,10H2,1H3,(H,22,24). The maximum atomic E-state index is 12.3. The molecule has 0 spiro atoms. The van der Waals surface area contributed by atoms with Gasteiger partial charge in [0.2, 0.25) is 0 Å². The van der Waals surface area contributed by atoms with Crippen LogP contribution in [0.4, 0.5) is 5.69 Å². The van der Waals surface area contributed by atoms with Crippen LogP contribution in [-0.2, 0) is 6.61 Å². The number of aromatic amines is 1. The van der Waals surface area contributed by atoms with Crippen LogP contribution in [0.1, 0.15) is 16.1 Å². The molecule has 2 heterocycles. The van der Waals surface area contributed by atoms with Crippen LogP contribution < -0.4 is 14.8 Å². The second kappa shape index (κ2) is 8.12. The lowest BCUT2D eigenvalue weighted by atomic mass is 10.2. The number of halogens is 2. The number of carbonyl (C=O) groups is 1. The highest BCUT2D eigenvalue weighted by atomic mass is 35.5. The first-order chi connectivity index (χ1) is 12.6. The molecule has 0 fully saturated rings. The average Bonchev–Trinajstić information content (AvgIpc) is 3.00. The predicted molar refractivity (Wildman–Crippen MR) is 100 cm³/mol. The Balaban J connectivity index is 1.75. The van der Waals surface area contributed by atoms with Crippen LogP contribution >= 0.6 is 23.2 Å². The van der Waals surface area contributed by atoms with Crippen molar-refractivity contribution in [2.45, 2.75) is 6.61 Å². The highest BCUT2D eigenvalue weighted by molar-refractivity contribution is 6.41. The van der Waals surface area contributed by atoms with Gasteiger partial charge < -0.3 is 19.8 Å². The molecule has 3 aromatic rings. The molecule has 0 aliphatic carbocycles. The molecule has 0 atom stereocenters. The SMILES string of the molecule is COc1ccc(NC(=O)c2cc(Cl)c(Cl)[nH]2)cc1OCc1cccnc1. The van der Waals surface area contributed by atoms with Gasteiger partial charge >= 0.3 is 0 Å². The Morgan fingerprint density at radius 1 is 1.23 bits per heavy atom. The van der Waals surface area contributed by atoms with Crippen LogP contribution in [0.5, 0.6) is 11.5 Å². The number of anilines is 1. The van der Waals surface area contributed by atoms with E-state index in [1.807, 2.05) is 12.1 Å². The molecular formula is C18H15Cl2N3O3. The number of amides is 1. The molecule has 0 saturated carbocycles. The lowest BCUT2D eigenvalue weighted by molar-refractivity contribution is 0.102. The molecule has 1 aromatic carbocycles. The van der Waals surface area contributed by atoms with Gasteiger partial charge in [-0.25, -0.2) is 0 Å². The smallest absolute Gasteiger partial charge is 0.272 e. The Labute approximate surface area is 160 Å². The van der Waals surface area contributed by atoms with E-state index in [-0.39, 0.29) is 21.8 Å². The normalized spacial score (nSPS) is 10.4. The van der Waals surface area contributed by atoms with E-state index in [1.54, 1.807) is 37.7 Å². The van der Waals surface area contributed by atoms with Crippen LogP contribution in [0.3, 0.4) is 0 Å². The van der Waals surface area contributed by atoms with E-state index in [1.165, 1.54) is 6.07 Å². The molecule has 0 aliphatic rings. The second-order valence-corrected chi connectivity index (χ2v) is 6.10. The monoisotopic (exact) mass is 391 g/mol. The van der Waals surface area contributed by atoms with E-state index >= 15 is 0 Å². The first-order valence-electron chi connectivity index (χ1n) is 7.62. The van der Waals surface area contributed by atoms with Crippen LogP contribution in [0.2, 0.25) is 10.2 Å². The number of hydrogen-bond donors (Lipinski definition) is 2. The summed E-state index contributed by atoms with van der Waals surface area (Å²) in [5.74, 6) is 0.678. The molecule has 3 rings (SSSR count). The van der Waals surface area contributed by atoms with Crippen molar-refractivity contribution in [3.05, 3.63) is 70.2 Å². The molecule has 0 aliphatic heterocycles. The average molecular weight is 392 g/mol. The molecule has 2 aromatic heterocycles. The fourth-order valence-corrected chi connectivity index (χ4v) is 2.55. The van der Waals surface area contributed by atoms with Crippen molar-refractivity contribution >= 4 is 34.8 Å². The van der Waals surface area contributed by atoms with Gasteiger partial charge in [-0.05, 0) is 24.3 Å². The maximum Gasteiger partial charge on any atom is 0.272 e. The van der Waals surface area contributed by atoms with E-state index in [0.717, 1.165) is 5.56 Å². The summed E-state index contributed by atoms with van der Waals surface area (Å²) in [4.78, 5) is 19.0. The number of rotatable bonds is 6. The van der Waals surface area contributed by atoms with Gasteiger partial charge in [-0.2, -0.15) is 0 Å². The molecular weight excluding hydrogens is 377 g/mol. The van der Waals surface area contributed by atoms with Gasteiger partial charge in [-0.3, -0.25) is 9.78 Å². The molecule has 1 amide bonds. The number of ether oxygens (including phenoxy) is 2. The number of methoxy groups -OCH3 is 1. The van der Waals surface area contributed by atoms with Gasteiger partial charge in [0.15, 0.2) is 11.5 Å². The van der Waals surface area contributed by atoms with Crippen LogP contribution in [0, 0.1) is 0 Å². The van der Waals surface area contributed by atoms with Crippen molar-refractivity contribution < 1.29 is 14.3 Å². The zero-order valence-corrected chi connectivity index (χ0v) is 15.3. The Bertz CT molecular complexity index is 894. The molecule has 134 valence electrons. The van der Waals surface area contributed by atoms with Crippen LogP contribution in [0.25, 0.3) is 0 Å². The summed E-state index contributed by atoms with van der Waals surface area (Å²) in [6.07, 6.45) is 3.41. The number of carbonyl (C=O) groups excluding carboxylic acids is 1. The third kappa shape index (κ3) is 4.28. The molecule has 0 radical (unpaired) electrons. The minimum atomic E-state index is -0.373. The van der Waals surface area contributed by atoms with Gasteiger partial charge in [0.25, 0.3) is 5.91 Å². The minimum absolute atomic E-state index is 0.215. The summed E-state index contributed by atoms with van der Waals surface area (Å²) in [6, 6.07) is 10.3. The first kappa shape index (κ1) is 18.1. The van der Waals surface area contributed by atoms with E-state index in [9.17, 15) is 4.79 Å². The number of H-pyrrole nitrogens is 1. The molecule has 0 saturated heterocycles. The molecule has 2 N–H and O–H groups in total. The summed E-state index contributed by atoms with van der Waals surface area (Å²) in [5.41, 5.74) is 1.71. The fraction of sp³-hybridized carbons (Fsp3) is 0.111. The summed E-state index contributed by atoms with van der Waals surface area (Å²) >= 11 is 11.7. The second-order valence-electron chi connectivity index (χ2n) is 5.31. The van der Waals surface area contributed by atoms with Gasteiger partial charge in [0, 0.05) is 29.7 Å². The summed E-state index contributed by atoms with van der Waals surface area (Å²) in [6.45, 7) is 0.323. The van der Waals surface area contributed by atoms with Crippen molar-refractivity contribution in [2.24, 2.45) is 0 Å². The number of hydrogen-bond acceptors (Lipinski definition) is 4. The van der Waals surface area contributed by atoms with Crippen molar-refractivity contribution in [3.63, 3.8) is 0 Å². The van der Waals surface area contributed by atoms with E-state index in [0.29, 0.717) is 23.8 Å². The maximum absolute atomic E-state index is 12.3. The Hall–Kier alpha value is -2.70. The highest BCUT2D eigenvalue weighted by Gasteiger charge is 2.13. The number of nitrogens with zero attached hydrogens (tertiary/aromatic N) is 1. The third-order valence-electron chi connectivity index (χ3n) is 3.51. The zero-order valence-electron chi connectivity index (χ0n) is 13.8. The third-order valence-corrected chi connectivity index (χ3v) is 4.20. The minimum Gasteiger partial charge on any atom is -0.493 e. The van der Waals surface area contributed by atoms with Crippen molar-refractivity contribution in [1.82, 2.24) is 9.97 Å². The lowest BCUT2D eigenvalue weighted by Gasteiger charge is -2.13. The van der Waals surface area contributed by atoms with Gasteiger partial charge in [-0.1, -0.05) is 29.3 Å². The first-order valence-corrected chi connectivity index (χ1v) is 8.37. The van der Waals surface area contributed by atoms with Gasteiger partial charge in [-0.15, -0.1) is 0 Å². The van der Waals surface area contributed by atoms with E-state index < -0.39 is 0 Å². The number of benzene rings is 1. The molecule has 0 bridgehead atoms. The topological polar surface area (TPSA) is 76.2 Å². The number of nitrogens with one attached hydrogen (secondary N) is 2. The van der Waals surface area contributed by atoms with Crippen LogP contribution in [-0.4, -0.2) is 23.0 Å². The Kier molecular flexibility index (Phi) is 5.65. The van der Waals surface area contributed by atoms with Crippen molar-refractivity contribution in [3.8, 4) is 11.5 Å². The summed E-state index contributed by atoms with van der Waals surface area (Å²) in [7, 11) is 1.55. The quantitative estimate of drug-likeness (QED) is 0.645. The van der Waals surface area contributed by atoms with E-state index in [4.69, 9.17) is 32.7 Å².